The van der Waals surface area contributed by atoms with Crippen molar-refractivity contribution >= 4 is 33.0 Å². The van der Waals surface area contributed by atoms with Crippen molar-refractivity contribution in [2.75, 3.05) is 32.8 Å². The quantitative estimate of drug-likeness (QED) is 0.403. The number of halogens is 1. The number of ether oxygens (including phenoxy) is 2. The van der Waals surface area contributed by atoms with Crippen molar-refractivity contribution in [1.82, 2.24) is 9.62 Å². The molecule has 188 valence electrons. The Labute approximate surface area is 206 Å². The largest absolute Gasteiger partial charge is 0.486 e. The van der Waals surface area contributed by atoms with Gasteiger partial charge in [0.2, 0.25) is 10.0 Å². The summed E-state index contributed by atoms with van der Waals surface area (Å²) in [4.78, 5) is 22.0. The molecule has 0 bridgehead atoms. The molecule has 1 fully saturated rings. The van der Waals surface area contributed by atoms with Crippen molar-refractivity contribution in [3.05, 3.63) is 61.6 Å². The average molecular weight is 527 g/mol. The monoisotopic (exact) mass is 526 g/mol. The van der Waals surface area contributed by atoms with Gasteiger partial charge in [0.05, 0.1) is 15.9 Å². The van der Waals surface area contributed by atoms with Gasteiger partial charge in [0.15, 0.2) is 16.4 Å². The Kier molecular flexibility index (Phi) is 7.40. The van der Waals surface area contributed by atoms with E-state index in [4.69, 9.17) is 21.1 Å². The van der Waals surface area contributed by atoms with Crippen LogP contribution in [-0.4, -0.2) is 62.1 Å². The smallest absolute Gasteiger partial charge is 0.296 e. The standard InChI is InChI=1S/C21H23ClN4O8S/c22-15-1-3-19-20(9-15)34-17(13-33-19)12-24-7-5-14(6-8-24)11-23-35(31,32)21-4-2-16(25(27)28)10-18(21)26(29)30/h1-4,9-10,14,17,23H,5-8,11-13H2. The molecule has 1 unspecified atom stereocenters. The molecule has 0 radical (unpaired) electrons. The minimum Gasteiger partial charge on any atom is -0.486 e. The Morgan fingerprint density at radius 2 is 1.80 bits per heavy atom. The fourth-order valence-corrected chi connectivity index (χ4v) is 5.56. The maximum atomic E-state index is 12.7. The van der Waals surface area contributed by atoms with E-state index in [1.807, 2.05) is 0 Å². The summed E-state index contributed by atoms with van der Waals surface area (Å²) in [6, 6.07) is 7.70. The van der Waals surface area contributed by atoms with Crippen LogP contribution in [0.3, 0.4) is 0 Å². The molecule has 0 spiro atoms. The molecule has 14 heteroatoms. The van der Waals surface area contributed by atoms with Crippen LogP contribution in [0.4, 0.5) is 11.4 Å². The fourth-order valence-electron chi connectivity index (χ4n) is 4.14. The van der Waals surface area contributed by atoms with Gasteiger partial charge in [0.25, 0.3) is 11.4 Å². The molecule has 0 saturated carbocycles. The van der Waals surface area contributed by atoms with Crippen LogP contribution in [0.15, 0.2) is 41.3 Å². The molecule has 35 heavy (non-hydrogen) atoms. The Balaban J connectivity index is 1.29. The number of sulfonamides is 1. The van der Waals surface area contributed by atoms with Gasteiger partial charge in [-0.2, -0.15) is 0 Å². The molecule has 0 aromatic heterocycles. The van der Waals surface area contributed by atoms with Crippen molar-refractivity contribution in [2.24, 2.45) is 5.92 Å². The van der Waals surface area contributed by atoms with Gasteiger partial charge in [-0.15, -0.1) is 0 Å². The normalized spacial score (nSPS) is 18.8. The number of likely N-dealkylation sites (tertiary alicyclic amines) is 1. The summed E-state index contributed by atoms with van der Waals surface area (Å²) in [6.45, 7) is 2.64. The first-order valence-corrected chi connectivity index (χ1v) is 12.7. The zero-order valence-electron chi connectivity index (χ0n) is 18.5. The minimum absolute atomic E-state index is 0.0428. The molecular formula is C21H23ClN4O8S. The van der Waals surface area contributed by atoms with E-state index in [0.717, 1.165) is 38.1 Å². The van der Waals surface area contributed by atoms with Crippen molar-refractivity contribution in [2.45, 2.75) is 23.8 Å². The molecule has 2 aliphatic rings. The summed E-state index contributed by atoms with van der Waals surface area (Å²) >= 11 is 6.02. The number of rotatable bonds is 8. The number of nitro groups is 2. The minimum atomic E-state index is -4.22. The SMILES string of the molecule is O=[N+]([O-])c1ccc(S(=O)(=O)NCC2CCN(CC3COc4ccc(Cl)cc4O3)CC2)c([N+](=O)[O-])c1. The molecule has 2 aromatic rings. The van der Waals surface area contributed by atoms with Gasteiger partial charge in [0, 0.05) is 30.2 Å². The number of piperidine rings is 1. The van der Waals surface area contributed by atoms with E-state index in [0.29, 0.717) is 35.7 Å². The number of nitrogens with one attached hydrogen (secondary N) is 1. The van der Waals surface area contributed by atoms with E-state index in [1.165, 1.54) is 0 Å². The summed E-state index contributed by atoms with van der Waals surface area (Å²) in [5.74, 6) is 1.31. The van der Waals surface area contributed by atoms with Crippen molar-refractivity contribution < 1.29 is 27.7 Å². The van der Waals surface area contributed by atoms with Gasteiger partial charge >= 0.3 is 0 Å². The van der Waals surface area contributed by atoms with E-state index in [1.54, 1.807) is 18.2 Å². The van der Waals surface area contributed by atoms with Gasteiger partial charge in [-0.05, 0) is 50.0 Å². The van der Waals surface area contributed by atoms with Gasteiger partial charge in [-0.1, -0.05) is 11.6 Å². The first kappa shape index (κ1) is 25.1. The summed E-state index contributed by atoms with van der Waals surface area (Å²) < 4.78 is 39.6. The van der Waals surface area contributed by atoms with E-state index in [-0.39, 0.29) is 18.6 Å². The Hall–Kier alpha value is -3.00. The first-order valence-electron chi connectivity index (χ1n) is 10.9. The molecule has 12 nitrogen and oxygen atoms in total. The zero-order chi connectivity index (χ0) is 25.2. The second-order valence-electron chi connectivity index (χ2n) is 8.40. The average Bonchev–Trinajstić information content (AvgIpc) is 2.83. The van der Waals surface area contributed by atoms with E-state index in [2.05, 4.69) is 9.62 Å². The summed E-state index contributed by atoms with van der Waals surface area (Å²) in [6.07, 6.45) is 1.29. The molecule has 2 aliphatic heterocycles. The number of hydrogen-bond donors (Lipinski definition) is 1. The summed E-state index contributed by atoms with van der Waals surface area (Å²) in [5, 5.41) is 22.7. The predicted molar refractivity (Wildman–Crippen MR) is 125 cm³/mol. The maximum absolute atomic E-state index is 12.7. The molecular weight excluding hydrogens is 504 g/mol. The van der Waals surface area contributed by atoms with Gasteiger partial charge in [0.1, 0.15) is 12.7 Å². The lowest BCUT2D eigenvalue weighted by atomic mass is 9.97. The van der Waals surface area contributed by atoms with Crippen LogP contribution < -0.4 is 14.2 Å². The Morgan fingerprint density at radius 1 is 1.06 bits per heavy atom. The highest BCUT2D eigenvalue weighted by Crippen LogP contribution is 2.34. The van der Waals surface area contributed by atoms with Crippen LogP contribution in [0.2, 0.25) is 5.02 Å². The van der Waals surface area contributed by atoms with E-state index < -0.39 is 36.1 Å². The van der Waals surface area contributed by atoms with Crippen LogP contribution in [0.1, 0.15) is 12.8 Å². The summed E-state index contributed by atoms with van der Waals surface area (Å²) in [7, 11) is -4.22. The van der Waals surface area contributed by atoms with Crippen molar-refractivity contribution in [1.29, 1.82) is 0 Å². The number of non-ortho nitro benzene ring substituents is 1. The molecule has 2 heterocycles. The second-order valence-corrected chi connectivity index (χ2v) is 10.6. The van der Waals surface area contributed by atoms with E-state index in [9.17, 15) is 28.6 Å². The first-order chi connectivity index (χ1) is 16.6. The third-order valence-electron chi connectivity index (χ3n) is 5.99. The molecule has 2 aromatic carbocycles. The fraction of sp³-hybridized carbons (Fsp3) is 0.429. The number of nitro benzene ring substituents is 2. The topological polar surface area (TPSA) is 154 Å². The molecule has 0 amide bonds. The van der Waals surface area contributed by atoms with Crippen molar-refractivity contribution in [3.8, 4) is 11.5 Å². The molecule has 1 saturated heterocycles. The van der Waals surface area contributed by atoms with Crippen LogP contribution in [0, 0.1) is 26.1 Å². The highest BCUT2D eigenvalue weighted by atomic mass is 35.5. The van der Waals surface area contributed by atoms with Gasteiger partial charge < -0.3 is 9.47 Å². The number of hydrogen-bond acceptors (Lipinski definition) is 9. The maximum Gasteiger partial charge on any atom is 0.296 e. The molecule has 1 atom stereocenters. The third kappa shape index (κ3) is 5.99. The lowest BCUT2D eigenvalue weighted by molar-refractivity contribution is -0.396. The van der Waals surface area contributed by atoms with Crippen LogP contribution >= 0.6 is 11.6 Å². The second kappa shape index (κ2) is 10.3. The number of nitrogens with zero attached hydrogens (tertiary/aromatic N) is 3. The van der Waals surface area contributed by atoms with Crippen molar-refractivity contribution in [3.63, 3.8) is 0 Å². The Bertz CT molecular complexity index is 1230. The van der Waals surface area contributed by atoms with Gasteiger partial charge in [-0.25, -0.2) is 13.1 Å². The lowest BCUT2D eigenvalue weighted by Crippen LogP contribution is -2.45. The Morgan fingerprint density at radius 3 is 2.49 bits per heavy atom. The lowest BCUT2D eigenvalue weighted by Gasteiger charge is -2.35. The highest BCUT2D eigenvalue weighted by Gasteiger charge is 2.30. The van der Waals surface area contributed by atoms with Crippen LogP contribution in [-0.2, 0) is 10.0 Å². The molecule has 0 aliphatic carbocycles. The number of benzene rings is 2. The van der Waals surface area contributed by atoms with Gasteiger partial charge in [-0.3, -0.25) is 25.1 Å². The molecule has 1 N–H and O–H groups in total. The third-order valence-corrected chi connectivity index (χ3v) is 7.70. The molecule has 4 rings (SSSR count). The number of fused-ring (bicyclic) bond motifs is 1. The predicted octanol–water partition coefficient (Wildman–Crippen LogP) is 2.99. The summed E-state index contributed by atoms with van der Waals surface area (Å²) in [5.41, 5.74) is -1.39. The van der Waals surface area contributed by atoms with Crippen LogP contribution in [0.25, 0.3) is 0 Å². The van der Waals surface area contributed by atoms with Crippen LogP contribution in [0.5, 0.6) is 11.5 Å². The highest BCUT2D eigenvalue weighted by molar-refractivity contribution is 7.89. The zero-order valence-corrected chi connectivity index (χ0v) is 20.0. The van der Waals surface area contributed by atoms with E-state index >= 15 is 0 Å².